The van der Waals surface area contributed by atoms with Gasteiger partial charge in [-0.3, -0.25) is 4.79 Å². The summed E-state index contributed by atoms with van der Waals surface area (Å²) in [6, 6.07) is 7.04. The van der Waals surface area contributed by atoms with E-state index in [1.54, 1.807) is 18.2 Å². The Kier molecular flexibility index (Phi) is 6.57. The van der Waals surface area contributed by atoms with Crippen molar-refractivity contribution in [1.82, 2.24) is 9.66 Å². The molecule has 0 saturated heterocycles. The van der Waals surface area contributed by atoms with Crippen molar-refractivity contribution in [3.8, 4) is 11.5 Å². The fourth-order valence-corrected chi connectivity index (χ4v) is 3.82. The van der Waals surface area contributed by atoms with E-state index in [9.17, 15) is 9.90 Å². The van der Waals surface area contributed by atoms with Gasteiger partial charge in [0.15, 0.2) is 11.5 Å². The van der Waals surface area contributed by atoms with E-state index in [1.807, 2.05) is 19.9 Å². The minimum absolute atomic E-state index is 0.00508. The molecule has 0 amide bonds. The molecular weight excluding hydrogens is 558 g/mol. The average Bonchev–Trinajstić information content (AvgIpc) is 2.69. The van der Waals surface area contributed by atoms with Crippen LogP contribution < -0.4 is 10.3 Å². The SMILES string of the molecule is CCOc1cc(C=Nn2c(CC)nc3ccc(Br)cc3c2=O)c(Br)c(Br)c1O. The summed E-state index contributed by atoms with van der Waals surface area (Å²) in [5.41, 5.74) is 1.01. The van der Waals surface area contributed by atoms with E-state index in [1.165, 1.54) is 10.9 Å². The Morgan fingerprint density at radius 3 is 2.64 bits per heavy atom. The van der Waals surface area contributed by atoms with Gasteiger partial charge in [-0.25, -0.2) is 4.98 Å². The van der Waals surface area contributed by atoms with Gasteiger partial charge < -0.3 is 9.84 Å². The molecule has 9 heteroatoms. The molecule has 1 N–H and O–H groups in total. The largest absolute Gasteiger partial charge is 0.503 e. The van der Waals surface area contributed by atoms with E-state index >= 15 is 0 Å². The summed E-state index contributed by atoms with van der Waals surface area (Å²) in [4.78, 5) is 17.5. The molecule has 0 saturated carbocycles. The lowest BCUT2D eigenvalue weighted by Gasteiger charge is -2.11. The molecule has 28 heavy (non-hydrogen) atoms. The highest BCUT2D eigenvalue weighted by Gasteiger charge is 2.15. The maximum Gasteiger partial charge on any atom is 0.282 e. The molecule has 0 bridgehead atoms. The molecule has 2 aromatic carbocycles. The molecule has 0 radical (unpaired) electrons. The lowest BCUT2D eigenvalue weighted by atomic mass is 10.2. The molecule has 0 aliphatic rings. The number of aromatic nitrogens is 2. The second-order valence-electron chi connectivity index (χ2n) is 5.78. The quantitative estimate of drug-likeness (QED) is 0.424. The van der Waals surface area contributed by atoms with Crippen molar-refractivity contribution < 1.29 is 9.84 Å². The van der Waals surface area contributed by atoms with E-state index in [-0.39, 0.29) is 11.3 Å². The predicted molar refractivity (Wildman–Crippen MR) is 121 cm³/mol. The molecule has 1 heterocycles. The van der Waals surface area contributed by atoms with Gasteiger partial charge in [-0.2, -0.15) is 9.78 Å². The summed E-state index contributed by atoms with van der Waals surface area (Å²) in [5, 5.41) is 15.0. The summed E-state index contributed by atoms with van der Waals surface area (Å²) in [7, 11) is 0. The van der Waals surface area contributed by atoms with Crippen LogP contribution in [0, 0.1) is 0 Å². The van der Waals surface area contributed by atoms with Crippen molar-refractivity contribution >= 4 is 64.9 Å². The molecule has 0 aliphatic carbocycles. The number of aryl methyl sites for hydroxylation is 1. The van der Waals surface area contributed by atoms with Crippen molar-refractivity contribution in [3.05, 3.63) is 59.4 Å². The first-order chi connectivity index (χ1) is 13.4. The summed E-state index contributed by atoms with van der Waals surface area (Å²) in [6.45, 7) is 4.15. The zero-order valence-electron chi connectivity index (χ0n) is 15.0. The third-order valence-electron chi connectivity index (χ3n) is 3.98. The molecular formula is C19H16Br3N3O3. The zero-order valence-corrected chi connectivity index (χ0v) is 19.8. The third-order valence-corrected chi connectivity index (χ3v) is 6.63. The number of nitrogens with zero attached hydrogens (tertiary/aromatic N) is 3. The highest BCUT2D eigenvalue weighted by molar-refractivity contribution is 9.13. The minimum atomic E-state index is -0.251. The lowest BCUT2D eigenvalue weighted by molar-refractivity contribution is 0.317. The number of halogens is 3. The normalized spacial score (nSPS) is 11.5. The van der Waals surface area contributed by atoms with Crippen LogP contribution in [-0.4, -0.2) is 27.6 Å². The maximum atomic E-state index is 13.0. The number of phenols is 1. The Labute approximate surface area is 186 Å². The fourth-order valence-electron chi connectivity index (χ4n) is 2.63. The van der Waals surface area contributed by atoms with Crippen LogP contribution in [0.25, 0.3) is 10.9 Å². The van der Waals surface area contributed by atoms with Gasteiger partial charge in [0, 0.05) is 20.9 Å². The van der Waals surface area contributed by atoms with Crippen molar-refractivity contribution in [2.45, 2.75) is 20.3 Å². The number of fused-ring (bicyclic) bond motifs is 1. The Morgan fingerprint density at radius 2 is 1.96 bits per heavy atom. The Morgan fingerprint density at radius 1 is 1.21 bits per heavy atom. The monoisotopic (exact) mass is 571 g/mol. The molecule has 0 atom stereocenters. The standard InChI is InChI=1S/C19H16Br3N3O3/c1-3-15-24-13-6-5-11(20)8-12(13)19(27)25(15)23-9-10-7-14(28-4-2)18(26)17(22)16(10)21/h5-9,26H,3-4H2,1-2H3. The molecule has 3 rings (SSSR count). The van der Waals surface area contributed by atoms with Gasteiger partial charge in [-0.05, 0) is 63.0 Å². The first-order valence-corrected chi connectivity index (χ1v) is 10.8. The molecule has 0 fully saturated rings. The van der Waals surface area contributed by atoms with E-state index in [0.29, 0.717) is 50.0 Å². The van der Waals surface area contributed by atoms with Crippen LogP contribution in [0.3, 0.4) is 0 Å². The zero-order chi connectivity index (χ0) is 20.4. The topological polar surface area (TPSA) is 76.7 Å². The maximum absolute atomic E-state index is 13.0. The first kappa shape index (κ1) is 21.0. The Bertz CT molecular complexity index is 1140. The van der Waals surface area contributed by atoms with Gasteiger partial charge in [0.2, 0.25) is 0 Å². The highest BCUT2D eigenvalue weighted by atomic mass is 79.9. The van der Waals surface area contributed by atoms with Crippen LogP contribution in [0.4, 0.5) is 0 Å². The van der Waals surface area contributed by atoms with Crippen molar-refractivity contribution in [2.75, 3.05) is 6.61 Å². The summed E-state index contributed by atoms with van der Waals surface area (Å²) >= 11 is 10.2. The van der Waals surface area contributed by atoms with E-state index in [0.717, 1.165) is 4.47 Å². The highest BCUT2D eigenvalue weighted by Crippen LogP contribution is 2.41. The Balaban J connectivity index is 2.16. The van der Waals surface area contributed by atoms with E-state index in [2.05, 4.69) is 57.9 Å². The number of ether oxygens (including phenoxy) is 1. The van der Waals surface area contributed by atoms with Crippen molar-refractivity contribution in [1.29, 1.82) is 0 Å². The van der Waals surface area contributed by atoms with Crippen LogP contribution in [-0.2, 0) is 6.42 Å². The molecule has 0 aliphatic heterocycles. The van der Waals surface area contributed by atoms with Gasteiger partial charge in [-0.1, -0.05) is 22.9 Å². The first-order valence-electron chi connectivity index (χ1n) is 8.46. The minimum Gasteiger partial charge on any atom is -0.503 e. The molecule has 6 nitrogen and oxygen atoms in total. The van der Waals surface area contributed by atoms with Gasteiger partial charge in [0.25, 0.3) is 5.56 Å². The smallest absolute Gasteiger partial charge is 0.282 e. The number of aromatic hydroxyl groups is 1. The van der Waals surface area contributed by atoms with Crippen LogP contribution >= 0.6 is 47.8 Å². The summed E-state index contributed by atoms with van der Waals surface area (Å²) < 4.78 is 8.59. The average molecular weight is 574 g/mol. The molecule has 0 spiro atoms. The van der Waals surface area contributed by atoms with Crippen molar-refractivity contribution in [3.63, 3.8) is 0 Å². The number of hydrogen-bond donors (Lipinski definition) is 1. The van der Waals surface area contributed by atoms with Crippen LogP contribution in [0.15, 0.2) is 47.6 Å². The predicted octanol–water partition coefficient (Wildman–Crippen LogP) is 5.23. The van der Waals surface area contributed by atoms with Gasteiger partial charge in [0.05, 0.1) is 28.2 Å². The van der Waals surface area contributed by atoms with Gasteiger partial charge in [-0.15, -0.1) is 0 Å². The van der Waals surface area contributed by atoms with Crippen LogP contribution in [0.5, 0.6) is 11.5 Å². The van der Waals surface area contributed by atoms with Crippen LogP contribution in [0.1, 0.15) is 25.2 Å². The number of hydrogen-bond acceptors (Lipinski definition) is 5. The number of rotatable bonds is 5. The van der Waals surface area contributed by atoms with Gasteiger partial charge in [0.1, 0.15) is 5.82 Å². The molecule has 146 valence electrons. The van der Waals surface area contributed by atoms with Crippen molar-refractivity contribution in [2.24, 2.45) is 5.10 Å². The summed E-state index contributed by atoms with van der Waals surface area (Å²) in [5.74, 6) is 0.868. The molecule has 0 unspecified atom stereocenters. The van der Waals surface area contributed by atoms with E-state index in [4.69, 9.17) is 4.74 Å². The lowest BCUT2D eigenvalue weighted by Crippen LogP contribution is -2.22. The number of phenolic OH excluding ortho intramolecular Hbond substituents is 1. The Hall–Kier alpha value is -1.71. The fraction of sp³-hybridized carbons (Fsp3) is 0.211. The molecule has 3 aromatic rings. The molecule has 1 aromatic heterocycles. The third kappa shape index (κ3) is 4.01. The van der Waals surface area contributed by atoms with Gasteiger partial charge >= 0.3 is 0 Å². The van der Waals surface area contributed by atoms with Crippen LogP contribution in [0.2, 0.25) is 0 Å². The van der Waals surface area contributed by atoms with E-state index < -0.39 is 0 Å². The second kappa shape index (κ2) is 8.75. The summed E-state index contributed by atoms with van der Waals surface area (Å²) in [6.07, 6.45) is 2.08. The number of benzene rings is 2. The second-order valence-corrected chi connectivity index (χ2v) is 8.28.